The Balaban J connectivity index is 1.27. The Hall–Kier alpha value is -3.32. The number of alkyl carbamates (subject to hydrolysis) is 1. The van der Waals surface area contributed by atoms with Crippen LogP contribution < -0.4 is 5.32 Å². The number of hydrogen-bond acceptors (Lipinski definition) is 5. The third-order valence-corrected chi connectivity index (χ3v) is 8.06. The summed E-state index contributed by atoms with van der Waals surface area (Å²) in [7, 11) is 0. The number of ether oxygens (including phenoxy) is 1. The molecule has 6 rings (SSSR count). The van der Waals surface area contributed by atoms with Crippen LogP contribution in [-0.4, -0.2) is 21.7 Å². The van der Waals surface area contributed by atoms with Gasteiger partial charge in [0.25, 0.3) is 0 Å². The van der Waals surface area contributed by atoms with E-state index in [1.165, 1.54) is 23.0 Å². The van der Waals surface area contributed by atoms with Crippen LogP contribution in [0.5, 0.6) is 0 Å². The van der Waals surface area contributed by atoms with Crippen LogP contribution in [-0.2, 0) is 15.7 Å². The van der Waals surface area contributed by atoms with E-state index in [1.54, 1.807) is 6.07 Å². The van der Waals surface area contributed by atoms with Crippen LogP contribution in [0, 0.1) is 5.82 Å². The molecule has 4 aromatic rings. The lowest BCUT2D eigenvalue weighted by molar-refractivity contribution is 0.0495. The molecule has 2 aromatic heterocycles. The summed E-state index contributed by atoms with van der Waals surface area (Å²) < 4.78 is 20.7. The highest BCUT2D eigenvalue weighted by Crippen LogP contribution is 2.53. The van der Waals surface area contributed by atoms with E-state index in [1.807, 2.05) is 39.0 Å². The number of carbonyl (C=O) groups is 1. The van der Waals surface area contributed by atoms with Crippen LogP contribution in [0.3, 0.4) is 0 Å². The monoisotopic (exact) mass is 501 g/mol. The zero-order valence-electron chi connectivity index (χ0n) is 20.6. The Kier molecular flexibility index (Phi) is 5.20. The zero-order valence-corrected chi connectivity index (χ0v) is 21.4. The van der Waals surface area contributed by atoms with E-state index in [-0.39, 0.29) is 11.2 Å². The van der Waals surface area contributed by atoms with Crippen molar-refractivity contribution in [2.45, 2.75) is 63.0 Å². The summed E-state index contributed by atoms with van der Waals surface area (Å²) in [5.74, 6) is -0.355. The van der Waals surface area contributed by atoms with Crippen molar-refractivity contribution in [1.82, 2.24) is 15.3 Å². The molecule has 2 saturated carbocycles. The minimum atomic E-state index is -0.587. The highest BCUT2D eigenvalue weighted by Gasteiger charge is 2.48. The minimum Gasteiger partial charge on any atom is -0.444 e. The van der Waals surface area contributed by atoms with Crippen molar-refractivity contribution in [3.63, 3.8) is 0 Å². The summed E-state index contributed by atoms with van der Waals surface area (Å²) in [6, 6.07) is 19.7. The Morgan fingerprint density at radius 3 is 2.36 bits per heavy atom. The molecule has 2 fully saturated rings. The summed E-state index contributed by atoms with van der Waals surface area (Å²) in [6.07, 6.45) is 3.18. The third kappa shape index (κ3) is 4.15. The molecule has 1 N–H and O–H groups in total. The smallest absolute Gasteiger partial charge is 0.408 e. The van der Waals surface area contributed by atoms with Gasteiger partial charge in [0.2, 0.25) is 0 Å². The van der Waals surface area contributed by atoms with E-state index in [0.29, 0.717) is 10.6 Å². The molecule has 0 aliphatic heterocycles. The van der Waals surface area contributed by atoms with Crippen LogP contribution >= 0.6 is 11.3 Å². The standard InChI is InChI=1S/C29H28FN3O2S/c1-27(2,3)35-26(34)33-29(15-16-29)19-9-10-20(21(30)17-19)24-31-22-11-12-23(32-25(22)36-24)28(13-14-28)18-7-5-4-6-8-18/h4-12,17H,13-16H2,1-3H3,(H,33,34). The maximum Gasteiger partial charge on any atom is 0.408 e. The van der Waals surface area contributed by atoms with Gasteiger partial charge in [0, 0.05) is 11.0 Å². The van der Waals surface area contributed by atoms with Gasteiger partial charge >= 0.3 is 6.09 Å². The molecule has 184 valence electrons. The lowest BCUT2D eigenvalue weighted by Crippen LogP contribution is -2.39. The van der Waals surface area contributed by atoms with Gasteiger partial charge in [0.1, 0.15) is 26.8 Å². The summed E-state index contributed by atoms with van der Waals surface area (Å²) in [4.78, 5) is 22.8. The van der Waals surface area contributed by atoms with E-state index in [9.17, 15) is 4.79 Å². The number of nitrogens with one attached hydrogen (secondary N) is 1. The minimum absolute atomic E-state index is 0.0216. The fourth-order valence-corrected chi connectivity index (χ4v) is 5.83. The van der Waals surface area contributed by atoms with E-state index >= 15 is 4.39 Å². The Labute approximate surface area is 213 Å². The quantitative estimate of drug-likeness (QED) is 0.317. The van der Waals surface area contributed by atoms with E-state index in [0.717, 1.165) is 47.3 Å². The fourth-order valence-electron chi connectivity index (χ4n) is 4.87. The largest absolute Gasteiger partial charge is 0.444 e. The molecule has 0 bridgehead atoms. The average molecular weight is 502 g/mol. The Bertz CT molecular complexity index is 1470. The first-order chi connectivity index (χ1) is 17.2. The number of halogens is 1. The van der Waals surface area contributed by atoms with Crippen molar-refractivity contribution in [2.24, 2.45) is 0 Å². The highest BCUT2D eigenvalue weighted by molar-refractivity contribution is 7.21. The predicted molar refractivity (Wildman–Crippen MR) is 140 cm³/mol. The number of carbonyl (C=O) groups excluding carboxylic acids is 1. The molecule has 0 saturated heterocycles. The van der Waals surface area contributed by atoms with Gasteiger partial charge in [-0.05, 0) is 81.8 Å². The van der Waals surface area contributed by atoms with Gasteiger partial charge in [-0.15, -0.1) is 0 Å². The molecule has 2 aromatic carbocycles. The van der Waals surface area contributed by atoms with Crippen molar-refractivity contribution in [2.75, 3.05) is 0 Å². The lowest BCUT2D eigenvalue weighted by atomic mass is 9.92. The summed E-state index contributed by atoms with van der Waals surface area (Å²) in [5, 5.41) is 3.54. The SMILES string of the molecule is CC(C)(C)OC(=O)NC1(c2ccc(-c3nc4ccc(C5(c6ccccc6)CC5)nc4s3)c(F)c2)CC1. The van der Waals surface area contributed by atoms with Crippen molar-refractivity contribution in [3.8, 4) is 10.6 Å². The maximum absolute atomic E-state index is 15.3. The molecule has 0 spiro atoms. The van der Waals surface area contributed by atoms with E-state index in [4.69, 9.17) is 9.72 Å². The molecule has 2 aliphatic carbocycles. The van der Waals surface area contributed by atoms with Gasteiger partial charge in [0.05, 0.1) is 11.2 Å². The molecule has 5 nitrogen and oxygen atoms in total. The number of fused-ring (bicyclic) bond motifs is 1. The number of thiazole rings is 1. The first kappa shape index (κ1) is 23.1. The number of nitrogens with zero attached hydrogens (tertiary/aromatic N) is 2. The second-order valence-corrected chi connectivity index (χ2v) is 11.9. The second kappa shape index (κ2) is 8.10. The Morgan fingerprint density at radius 1 is 0.972 bits per heavy atom. The fraction of sp³-hybridized carbons (Fsp3) is 0.345. The van der Waals surface area contributed by atoms with E-state index in [2.05, 4.69) is 40.6 Å². The van der Waals surface area contributed by atoms with Crippen LogP contribution in [0.2, 0.25) is 0 Å². The van der Waals surface area contributed by atoms with Crippen molar-refractivity contribution in [1.29, 1.82) is 0 Å². The maximum atomic E-state index is 15.3. The van der Waals surface area contributed by atoms with Gasteiger partial charge in [-0.1, -0.05) is 47.7 Å². The average Bonchev–Trinajstić information content (AvgIpc) is 3.75. The van der Waals surface area contributed by atoms with Crippen molar-refractivity contribution < 1.29 is 13.9 Å². The van der Waals surface area contributed by atoms with Gasteiger partial charge in [-0.25, -0.2) is 19.2 Å². The zero-order chi connectivity index (χ0) is 25.1. The molecule has 7 heteroatoms. The molecule has 0 atom stereocenters. The molecular formula is C29H28FN3O2S. The number of aromatic nitrogens is 2. The number of amides is 1. The highest BCUT2D eigenvalue weighted by atomic mass is 32.1. The number of rotatable bonds is 5. The van der Waals surface area contributed by atoms with Gasteiger partial charge in [-0.3, -0.25) is 0 Å². The van der Waals surface area contributed by atoms with Crippen LogP contribution in [0.4, 0.5) is 9.18 Å². The van der Waals surface area contributed by atoms with E-state index < -0.39 is 17.2 Å². The first-order valence-electron chi connectivity index (χ1n) is 12.3. The molecule has 2 aliphatic rings. The summed E-state index contributed by atoms with van der Waals surface area (Å²) >= 11 is 1.41. The molecule has 36 heavy (non-hydrogen) atoms. The number of benzene rings is 2. The normalized spacial score (nSPS) is 17.6. The van der Waals surface area contributed by atoms with Crippen molar-refractivity contribution in [3.05, 3.63) is 83.3 Å². The third-order valence-electron chi connectivity index (χ3n) is 7.06. The Morgan fingerprint density at radius 2 is 1.72 bits per heavy atom. The van der Waals surface area contributed by atoms with Gasteiger partial charge in [0.15, 0.2) is 0 Å². The topological polar surface area (TPSA) is 64.1 Å². The molecule has 0 unspecified atom stereocenters. The molecule has 1 amide bonds. The van der Waals surface area contributed by atoms with Gasteiger partial charge < -0.3 is 10.1 Å². The second-order valence-electron chi connectivity index (χ2n) is 10.9. The molecule has 0 radical (unpaired) electrons. The molecular weight excluding hydrogens is 473 g/mol. The predicted octanol–water partition coefficient (Wildman–Crippen LogP) is 7.09. The van der Waals surface area contributed by atoms with Crippen LogP contribution in [0.1, 0.15) is 63.3 Å². The lowest BCUT2D eigenvalue weighted by Gasteiger charge is -2.24. The number of hydrogen-bond donors (Lipinski definition) is 1. The molecule has 2 heterocycles. The van der Waals surface area contributed by atoms with Gasteiger partial charge in [-0.2, -0.15) is 0 Å². The first-order valence-corrected chi connectivity index (χ1v) is 13.1. The number of pyridine rings is 1. The van der Waals surface area contributed by atoms with Crippen molar-refractivity contribution >= 4 is 27.8 Å². The van der Waals surface area contributed by atoms with Crippen LogP contribution in [0.15, 0.2) is 60.7 Å². The summed E-state index contributed by atoms with van der Waals surface area (Å²) in [5.41, 5.74) is 3.13. The summed E-state index contributed by atoms with van der Waals surface area (Å²) in [6.45, 7) is 5.47. The van der Waals surface area contributed by atoms with Crippen LogP contribution in [0.25, 0.3) is 20.9 Å².